The predicted octanol–water partition coefficient (Wildman–Crippen LogP) is 4.63. The number of hydrogen-bond acceptors (Lipinski definition) is 2. The monoisotopic (exact) mass is 387 g/mol. The Morgan fingerprint density at radius 3 is 2.63 bits per heavy atom. The molecule has 2 N–H and O–H groups in total. The van der Waals surface area contributed by atoms with E-state index in [1.54, 1.807) is 0 Å². The van der Waals surface area contributed by atoms with Gasteiger partial charge in [-0.1, -0.05) is 29.8 Å². The Morgan fingerprint density at radius 2 is 2.00 bits per heavy atom. The SMILES string of the molecule is CC(N)Cc1ccc(Oc2ccccc2I)cc1Cl. The molecule has 0 saturated carbocycles. The summed E-state index contributed by atoms with van der Waals surface area (Å²) in [7, 11) is 0. The highest BCUT2D eigenvalue weighted by molar-refractivity contribution is 14.1. The summed E-state index contributed by atoms with van der Waals surface area (Å²) in [5.74, 6) is 1.57. The van der Waals surface area contributed by atoms with Gasteiger partial charge in [0.1, 0.15) is 11.5 Å². The zero-order valence-electron chi connectivity index (χ0n) is 10.6. The Bertz CT molecular complexity index is 572. The second kappa shape index (κ2) is 6.59. The van der Waals surface area contributed by atoms with Gasteiger partial charge in [0.15, 0.2) is 0 Å². The van der Waals surface area contributed by atoms with Crippen molar-refractivity contribution in [2.75, 3.05) is 0 Å². The molecule has 0 aliphatic heterocycles. The van der Waals surface area contributed by atoms with Crippen LogP contribution in [0.1, 0.15) is 12.5 Å². The highest BCUT2D eigenvalue weighted by atomic mass is 127. The van der Waals surface area contributed by atoms with Gasteiger partial charge in [0.25, 0.3) is 0 Å². The van der Waals surface area contributed by atoms with Crippen molar-refractivity contribution in [3.8, 4) is 11.5 Å². The molecule has 0 saturated heterocycles. The molecule has 0 radical (unpaired) electrons. The molecule has 4 heteroatoms. The average Bonchev–Trinajstić information content (AvgIpc) is 2.35. The summed E-state index contributed by atoms with van der Waals surface area (Å²) in [5, 5.41) is 0.695. The lowest BCUT2D eigenvalue weighted by Gasteiger charge is -2.11. The maximum absolute atomic E-state index is 6.24. The van der Waals surface area contributed by atoms with Gasteiger partial charge in [-0.2, -0.15) is 0 Å². The highest BCUT2D eigenvalue weighted by Crippen LogP contribution is 2.29. The van der Waals surface area contributed by atoms with Crippen LogP contribution in [0.5, 0.6) is 11.5 Å². The maximum Gasteiger partial charge on any atom is 0.140 e. The van der Waals surface area contributed by atoms with E-state index in [1.807, 2.05) is 49.4 Å². The van der Waals surface area contributed by atoms with Crippen LogP contribution in [0.3, 0.4) is 0 Å². The van der Waals surface area contributed by atoms with Crippen LogP contribution in [-0.4, -0.2) is 6.04 Å². The van der Waals surface area contributed by atoms with Crippen molar-refractivity contribution >= 4 is 34.2 Å². The number of ether oxygens (including phenoxy) is 1. The summed E-state index contributed by atoms with van der Waals surface area (Å²) in [5.41, 5.74) is 6.83. The topological polar surface area (TPSA) is 35.2 Å². The molecule has 1 atom stereocenters. The molecule has 2 rings (SSSR count). The first-order valence-corrected chi connectivity index (χ1v) is 7.48. The fraction of sp³-hybridized carbons (Fsp3) is 0.200. The molecule has 0 fully saturated rings. The van der Waals surface area contributed by atoms with E-state index in [0.29, 0.717) is 5.02 Å². The normalized spacial score (nSPS) is 12.2. The molecular weight excluding hydrogens is 373 g/mol. The van der Waals surface area contributed by atoms with Gasteiger partial charge in [-0.15, -0.1) is 0 Å². The van der Waals surface area contributed by atoms with Crippen molar-refractivity contribution in [1.29, 1.82) is 0 Å². The number of halogens is 2. The van der Waals surface area contributed by atoms with Crippen LogP contribution in [0.4, 0.5) is 0 Å². The fourth-order valence-corrected chi connectivity index (χ4v) is 2.50. The van der Waals surface area contributed by atoms with E-state index in [0.717, 1.165) is 27.1 Å². The average molecular weight is 388 g/mol. The number of hydrogen-bond donors (Lipinski definition) is 1. The molecule has 0 spiro atoms. The minimum Gasteiger partial charge on any atom is -0.456 e. The van der Waals surface area contributed by atoms with Crippen LogP contribution in [0.25, 0.3) is 0 Å². The molecule has 19 heavy (non-hydrogen) atoms. The molecule has 0 heterocycles. The third kappa shape index (κ3) is 4.09. The van der Waals surface area contributed by atoms with E-state index in [1.165, 1.54) is 0 Å². The summed E-state index contributed by atoms with van der Waals surface area (Å²) in [4.78, 5) is 0. The zero-order valence-corrected chi connectivity index (χ0v) is 13.5. The molecule has 0 aliphatic rings. The molecule has 0 amide bonds. The Labute approximate surface area is 132 Å². The van der Waals surface area contributed by atoms with E-state index < -0.39 is 0 Å². The first-order valence-electron chi connectivity index (χ1n) is 6.02. The Kier molecular flexibility index (Phi) is 5.07. The maximum atomic E-state index is 6.24. The van der Waals surface area contributed by atoms with Gasteiger partial charge in [-0.05, 0) is 65.8 Å². The minimum absolute atomic E-state index is 0.0966. The minimum atomic E-state index is 0.0966. The number of nitrogens with two attached hydrogens (primary N) is 1. The molecule has 0 bridgehead atoms. The lowest BCUT2D eigenvalue weighted by atomic mass is 10.1. The van der Waals surface area contributed by atoms with E-state index in [4.69, 9.17) is 22.1 Å². The van der Waals surface area contributed by atoms with Crippen molar-refractivity contribution in [3.63, 3.8) is 0 Å². The summed E-state index contributed by atoms with van der Waals surface area (Å²) in [6.45, 7) is 1.97. The third-order valence-corrected chi connectivity index (χ3v) is 3.87. The lowest BCUT2D eigenvalue weighted by Crippen LogP contribution is -2.17. The Balaban J connectivity index is 2.19. The van der Waals surface area contributed by atoms with Crippen LogP contribution in [-0.2, 0) is 6.42 Å². The van der Waals surface area contributed by atoms with E-state index >= 15 is 0 Å². The van der Waals surface area contributed by atoms with E-state index in [-0.39, 0.29) is 6.04 Å². The van der Waals surface area contributed by atoms with E-state index in [2.05, 4.69) is 22.6 Å². The van der Waals surface area contributed by atoms with Gasteiger partial charge >= 0.3 is 0 Å². The first-order chi connectivity index (χ1) is 9.06. The van der Waals surface area contributed by atoms with Crippen LogP contribution < -0.4 is 10.5 Å². The molecule has 1 unspecified atom stereocenters. The van der Waals surface area contributed by atoms with Crippen LogP contribution in [0.2, 0.25) is 5.02 Å². The summed E-state index contributed by atoms with van der Waals surface area (Å²) in [6, 6.07) is 13.7. The highest BCUT2D eigenvalue weighted by Gasteiger charge is 2.07. The Morgan fingerprint density at radius 1 is 1.26 bits per heavy atom. The molecular formula is C15H15ClINO. The lowest BCUT2D eigenvalue weighted by molar-refractivity contribution is 0.479. The van der Waals surface area contributed by atoms with Gasteiger partial charge in [0, 0.05) is 11.1 Å². The predicted molar refractivity (Wildman–Crippen MR) is 88.0 cm³/mol. The van der Waals surface area contributed by atoms with Crippen molar-refractivity contribution in [2.24, 2.45) is 5.73 Å². The van der Waals surface area contributed by atoms with Crippen LogP contribution >= 0.6 is 34.2 Å². The quantitative estimate of drug-likeness (QED) is 0.777. The van der Waals surface area contributed by atoms with Gasteiger partial charge < -0.3 is 10.5 Å². The molecule has 100 valence electrons. The standard InChI is InChI=1S/C15H15ClINO/c1-10(18)8-11-6-7-12(9-13(11)16)19-15-5-3-2-4-14(15)17/h2-7,9-10H,8,18H2,1H3. The molecule has 0 aromatic heterocycles. The second-order valence-electron chi connectivity index (χ2n) is 4.47. The molecule has 0 aliphatic carbocycles. The second-order valence-corrected chi connectivity index (χ2v) is 6.04. The molecule has 2 aromatic carbocycles. The van der Waals surface area contributed by atoms with Gasteiger partial charge in [-0.3, -0.25) is 0 Å². The van der Waals surface area contributed by atoms with Crippen LogP contribution in [0.15, 0.2) is 42.5 Å². The molecule has 2 nitrogen and oxygen atoms in total. The zero-order chi connectivity index (χ0) is 13.8. The third-order valence-electron chi connectivity index (χ3n) is 2.63. The van der Waals surface area contributed by atoms with Crippen molar-refractivity contribution in [3.05, 3.63) is 56.6 Å². The number of benzene rings is 2. The van der Waals surface area contributed by atoms with Crippen molar-refractivity contribution < 1.29 is 4.74 Å². The van der Waals surface area contributed by atoms with Crippen LogP contribution in [0, 0.1) is 3.57 Å². The first kappa shape index (κ1) is 14.6. The summed E-state index contributed by atoms with van der Waals surface area (Å²) in [6.07, 6.45) is 0.766. The van der Waals surface area contributed by atoms with Gasteiger partial charge in [-0.25, -0.2) is 0 Å². The smallest absolute Gasteiger partial charge is 0.140 e. The number of para-hydroxylation sites is 1. The van der Waals surface area contributed by atoms with Crippen molar-refractivity contribution in [2.45, 2.75) is 19.4 Å². The van der Waals surface area contributed by atoms with E-state index in [9.17, 15) is 0 Å². The van der Waals surface area contributed by atoms with Crippen molar-refractivity contribution in [1.82, 2.24) is 0 Å². The number of rotatable bonds is 4. The summed E-state index contributed by atoms with van der Waals surface area (Å²) < 4.78 is 6.89. The fourth-order valence-electron chi connectivity index (χ4n) is 1.76. The van der Waals surface area contributed by atoms with Gasteiger partial charge in [0.2, 0.25) is 0 Å². The molecule has 2 aromatic rings. The largest absolute Gasteiger partial charge is 0.456 e. The Hall–Kier alpha value is -0.780. The summed E-state index contributed by atoms with van der Waals surface area (Å²) >= 11 is 8.49. The van der Waals surface area contributed by atoms with Gasteiger partial charge in [0.05, 0.1) is 3.57 Å².